The number of aryl methyl sites for hydroxylation is 2. The van der Waals surface area contributed by atoms with Crippen molar-refractivity contribution in [1.29, 1.82) is 0 Å². The van der Waals surface area contributed by atoms with E-state index in [-0.39, 0.29) is 12.5 Å². The zero-order valence-corrected chi connectivity index (χ0v) is 16.8. The summed E-state index contributed by atoms with van der Waals surface area (Å²) in [5.74, 6) is -0.309. The van der Waals surface area contributed by atoms with E-state index in [2.05, 4.69) is 5.32 Å². The van der Waals surface area contributed by atoms with Crippen molar-refractivity contribution in [3.63, 3.8) is 0 Å². The van der Waals surface area contributed by atoms with Gasteiger partial charge in [-0.1, -0.05) is 30.5 Å². The average molecular weight is 383 g/mol. The number of carbonyl (C=O) groups is 1. The Hall–Kier alpha value is -1.60. The van der Waals surface area contributed by atoms with Gasteiger partial charge in [0.05, 0.1) is 18.0 Å². The summed E-state index contributed by atoms with van der Waals surface area (Å²) in [5, 5.41) is 2.79. The van der Waals surface area contributed by atoms with E-state index < -0.39 is 10.0 Å². The Kier molecular flexibility index (Phi) is 7.46. The third-order valence-electron chi connectivity index (χ3n) is 4.61. The Morgan fingerprint density at radius 1 is 1.27 bits per heavy atom. The van der Waals surface area contributed by atoms with Crippen molar-refractivity contribution in [2.24, 2.45) is 0 Å². The molecule has 6 nitrogen and oxygen atoms in total. The Balaban J connectivity index is 1.84. The van der Waals surface area contributed by atoms with Gasteiger partial charge in [0.15, 0.2) is 0 Å². The first-order chi connectivity index (χ1) is 12.3. The molecule has 1 amide bonds. The molecule has 0 bridgehead atoms. The molecule has 1 aliphatic carbocycles. The van der Waals surface area contributed by atoms with Crippen LogP contribution in [0.15, 0.2) is 18.2 Å². The Morgan fingerprint density at radius 3 is 2.58 bits per heavy atom. The maximum Gasteiger partial charge on any atom is 0.240 e. The first-order valence-electron chi connectivity index (χ1n) is 9.20. The molecule has 0 heterocycles. The number of nitrogens with zero attached hydrogens (tertiary/aromatic N) is 1. The number of anilines is 1. The normalized spacial score (nSPS) is 15.2. The third-order valence-corrected chi connectivity index (χ3v) is 5.73. The van der Waals surface area contributed by atoms with Crippen molar-refractivity contribution in [3.05, 3.63) is 29.3 Å². The lowest BCUT2D eigenvalue weighted by molar-refractivity contribution is -0.119. The van der Waals surface area contributed by atoms with Crippen LogP contribution in [0.25, 0.3) is 0 Å². The molecule has 1 aromatic carbocycles. The Bertz CT molecular complexity index is 712. The lowest BCUT2D eigenvalue weighted by atomic mass is 10.1. The van der Waals surface area contributed by atoms with E-state index in [1.165, 1.54) is 12.8 Å². The van der Waals surface area contributed by atoms with Crippen LogP contribution >= 0.6 is 0 Å². The molecule has 2 rings (SSSR count). The minimum absolute atomic E-state index is 0.216. The maximum atomic E-state index is 12.2. The fourth-order valence-electron chi connectivity index (χ4n) is 3.26. The van der Waals surface area contributed by atoms with Gasteiger partial charge in [-0.25, -0.2) is 8.42 Å². The predicted molar refractivity (Wildman–Crippen MR) is 104 cm³/mol. The van der Waals surface area contributed by atoms with E-state index in [4.69, 9.17) is 4.74 Å². The van der Waals surface area contributed by atoms with E-state index in [1.54, 1.807) is 6.07 Å². The van der Waals surface area contributed by atoms with Crippen molar-refractivity contribution in [2.45, 2.75) is 52.1 Å². The number of carbonyl (C=O) groups excluding carboxylic acids is 1. The average Bonchev–Trinajstić information content (AvgIpc) is 3.05. The van der Waals surface area contributed by atoms with E-state index in [0.717, 1.165) is 41.0 Å². The van der Waals surface area contributed by atoms with Crippen molar-refractivity contribution < 1.29 is 17.9 Å². The first kappa shape index (κ1) is 20.7. The van der Waals surface area contributed by atoms with Crippen LogP contribution in [0.2, 0.25) is 0 Å². The second kappa shape index (κ2) is 9.37. The topological polar surface area (TPSA) is 75.7 Å². The van der Waals surface area contributed by atoms with Crippen LogP contribution in [0.1, 0.15) is 43.2 Å². The number of rotatable bonds is 9. The molecule has 0 saturated heterocycles. The summed E-state index contributed by atoms with van der Waals surface area (Å²) < 4.78 is 31.2. The molecule has 1 fully saturated rings. The monoisotopic (exact) mass is 382 g/mol. The fourth-order valence-corrected chi connectivity index (χ4v) is 4.17. The molecular formula is C19H30N2O4S. The molecule has 1 saturated carbocycles. The standard InChI is InChI=1S/C19H30N2O4S/c1-15-9-10-18(16(2)13-15)21(26(3,23)24)14-19(22)20-11-6-12-25-17-7-4-5-8-17/h9-10,13,17H,4-8,11-12,14H2,1-3H3,(H,20,22). The van der Waals surface area contributed by atoms with Gasteiger partial charge in [0, 0.05) is 13.2 Å². The summed E-state index contributed by atoms with van der Waals surface area (Å²) in [5.41, 5.74) is 2.41. The SMILES string of the molecule is Cc1ccc(N(CC(=O)NCCCOC2CCCC2)S(C)(=O)=O)c(C)c1. The highest BCUT2D eigenvalue weighted by molar-refractivity contribution is 7.92. The highest BCUT2D eigenvalue weighted by atomic mass is 32.2. The van der Waals surface area contributed by atoms with E-state index in [1.807, 2.05) is 26.0 Å². The predicted octanol–water partition coefficient (Wildman–Crippen LogP) is 2.53. The van der Waals surface area contributed by atoms with Crippen LogP contribution in [0.3, 0.4) is 0 Å². The molecule has 7 heteroatoms. The Labute approximate surface area is 157 Å². The molecule has 26 heavy (non-hydrogen) atoms. The number of benzene rings is 1. The van der Waals surface area contributed by atoms with Crippen LogP contribution < -0.4 is 9.62 Å². The second-order valence-corrected chi connectivity index (χ2v) is 8.95. The number of ether oxygens (including phenoxy) is 1. The minimum Gasteiger partial charge on any atom is -0.378 e. The minimum atomic E-state index is -3.55. The van der Waals surface area contributed by atoms with Gasteiger partial charge < -0.3 is 10.1 Å². The molecule has 1 aliphatic rings. The highest BCUT2D eigenvalue weighted by Crippen LogP contribution is 2.23. The lowest BCUT2D eigenvalue weighted by Gasteiger charge is -2.24. The van der Waals surface area contributed by atoms with Gasteiger partial charge in [0.25, 0.3) is 0 Å². The largest absolute Gasteiger partial charge is 0.378 e. The zero-order chi connectivity index (χ0) is 19.2. The van der Waals surface area contributed by atoms with Crippen molar-refractivity contribution in [3.8, 4) is 0 Å². The maximum absolute atomic E-state index is 12.2. The van der Waals surface area contributed by atoms with Crippen LogP contribution in [0.5, 0.6) is 0 Å². The lowest BCUT2D eigenvalue weighted by Crippen LogP contribution is -2.41. The van der Waals surface area contributed by atoms with Gasteiger partial charge in [-0.3, -0.25) is 9.10 Å². The molecule has 146 valence electrons. The third kappa shape index (κ3) is 6.29. The molecule has 0 unspecified atom stereocenters. The second-order valence-electron chi connectivity index (χ2n) is 7.04. The van der Waals surface area contributed by atoms with Gasteiger partial charge in [-0.15, -0.1) is 0 Å². The molecule has 0 radical (unpaired) electrons. The van der Waals surface area contributed by atoms with Gasteiger partial charge in [-0.05, 0) is 44.7 Å². The molecule has 0 spiro atoms. The summed E-state index contributed by atoms with van der Waals surface area (Å²) in [6.07, 6.45) is 6.95. The summed E-state index contributed by atoms with van der Waals surface area (Å²) in [6, 6.07) is 5.50. The van der Waals surface area contributed by atoms with E-state index in [9.17, 15) is 13.2 Å². The summed E-state index contributed by atoms with van der Waals surface area (Å²) in [7, 11) is -3.55. The smallest absolute Gasteiger partial charge is 0.240 e. The van der Waals surface area contributed by atoms with Gasteiger partial charge in [0.2, 0.25) is 15.9 Å². The summed E-state index contributed by atoms with van der Waals surface area (Å²) >= 11 is 0. The molecule has 0 aromatic heterocycles. The highest BCUT2D eigenvalue weighted by Gasteiger charge is 2.22. The summed E-state index contributed by atoms with van der Waals surface area (Å²) in [6.45, 7) is 4.68. The zero-order valence-electron chi connectivity index (χ0n) is 16.0. The van der Waals surface area contributed by atoms with Crippen molar-refractivity contribution in [1.82, 2.24) is 5.32 Å². The van der Waals surface area contributed by atoms with Crippen LogP contribution in [-0.2, 0) is 19.6 Å². The van der Waals surface area contributed by atoms with Crippen LogP contribution in [-0.4, -0.2) is 46.4 Å². The molecule has 1 aromatic rings. The number of amides is 1. The van der Waals surface area contributed by atoms with Gasteiger partial charge in [0.1, 0.15) is 6.54 Å². The number of sulfonamides is 1. The molecule has 1 N–H and O–H groups in total. The summed E-state index contributed by atoms with van der Waals surface area (Å²) in [4.78, 5) is 12.2. The van der Waals surface area contributed by atoms with E-state index in [0.29, 0.717) is 24.9 Å². The van der Waals surface area contributed by atoms with Gasteiger partial charge in [-0.2, -0.15) is 0 Å². The fraction of sp³-hybridized carbons (Fsp3) is 0.632. The number of hydrogen-bond donors (Lipinski definition) is 1. The van der Waals surface area contributed by atoms with Crippen molar-refractivity contribution in [2.75, 3.05) is 30.3 Å². The van der Waals surface area contributed by atoms with Gasteiger partial charge >= 0.3 is 0 Å². The first-order valence-corrected chi connectivity index (χ1v) is 11.1. The molecular weight excluding hydrogens is 352 g/mol. The molecule has 0 aliphatic heterocycles. The number of nitrogens with one attached hydrogen (secondary N) is 1. The number of hydrogen-bond acceptors (Lipinski definition) is 4. The Morgan fingerprint density at radius 2 is 1.96 bits per heavy atom. The van der Waals surface area contributed by atoms with Crippen molar-refractivity contribution >= 4 is 21.6 Å². The molecule has 0 atom stereocenters. The van der Waals surface area contributed by atoms with Crippen LogP contribution in [0, 0.1) is 13.8 Å². The van der Waals surface area contributed by atoms with Crippen LogP contribution in [0.4, 0.5) is 5.69 Å². The quantitative estimate of drug-likeness (QED) is 0.666. The van der Waals surface area contributed by atoms with E-state index >= 15 is 0 Å².